The highest BCUT2D eigenvalue weighted by Crippen LogP contribution is 2.27. The molecule has 1 heterocycles. The monoisotopic (exact) mass is 198 g/mol. The van der Waals surface area contributed by atoms with Crippen molar-refractivity contribution in [3.8, 4) is 0 Å². The standard InChI is InChI=1S/C12H26N2/c1-12(2,10-13)7-5-11-4-3-8-14-9-6-11/h11,14H,3-10,13H2,1-2H3. The second-order valence-corrected chi connectivity index (χ2v) is 5.45. The van der Waals surface area contributed by atoms with Crippen molar-refractivity contribution in [3.05, 3.63) is 0 Å². The lowest BCUT2D eigenvalue weighted by molar-refractivity contribution is 0.291. The summed E-state index contributed by atoms with van der Waals surface area (Å²) in [6, 6.07) is 0. The van der Waals surface area contributed by atoms with E-state index in [1.54, 1.807) is 0 Å². The van der Waals surface area contributed by atoms with Crippen LogP contribution < -0.4 is 11.1 Å². The zero-order chi connectivity index (χ0) is 10.4. The van der Waals surface area contributed by atoms with Gasteiger partial charge in [0, 0.05) is 0 Å². The van der Waals surface area contributed by atoms with Gasteiger partial charge in [0.2, 0.25) is 0 Å². The summed E-state index contributed by atoms with van der Waals surface area (Å²) in [6.45, 7) is 7.81. The molecule has 0 bridgehead atoms. The molecule has 1 atom stereocenters. The van der Waals surface area contributed by atoms with E-state index in [4.69, 9.17) is 5.73 Å². The van der Waals surface area contributed by atoms with Crippen molar-refractivity contribution in [3.63, 3.8) is 0 Å². The third kappa shape index (κ3) is 4.43. The molecule has 0 aromatic rings. The molecule has 2 nitrogen and oxygen atoms in total. The van der Waals surface area contributed by atoms with Crippen molar-refractivity contribution in [2.45, 2.75) is 46.0 Å². The molecule has 0 saturated carbocycles. The maximum atomic E-state index is 5.74. The van der Waals surface area contributed by atoms with Gasteiger partial charge in [0.25, 0.3) is 0 Å². The minimum Gasteiger partial charge on any atom is -0.330 e. The van der Waals surface area contributed by atoms with Crippen molar-refractivity contribution in [1.82, 2.24) is 5.32 Å². The van der Waals surface area contributed by atoms with Gasteiger partial charge in [-0.25, -0.2) is 0 Å². The van der Waals surface area contributed by atoms with Crippen molar-refractivity contribution >= 4 is 0 Å². The van der Waals surface area contributed by atoms with Crippen LogP contribution in [0.25, 0.3) is 0 Å². The van der Waals surface area contributed by atoms with Gasteiger partial charge in [0.1, 0.15) is 0 Å². The quantitative estimate of drug-likeness (QED) is 0.726. The molecule has 1 fully saturated rings. The predicted octanol–water partition coefficient (Wildman–Crippen LogP) is 2.14. The van der Waals surface area contributed by atoms with E-state index in [2.05, 4.69) is 19.2 Å². The molecule has 3 N–H and O–H groups in total. The van der Waals surface area contributed by atoms with E-state index in [0.29, 0.717) is 5.41 Å². The van der Waals surface area contributed by atoms with Crippen molar-refractivity contribution in [1.29, 1.82) is 0 Å². The minimum atomic E-state index is 0.347. The molecule has 84 valence electrons. The van der Waals surface area contributed by atoms with Gasteiger partial charge in [-0.05, 0) is 63.1 Å². The van der Waals surface area contributed by atoms with Crippen LogP contribution in [-0.4, -0.2) is 19.6 Å². The lowest BCUT2D eigenvalue weighted by atomic mass is 9.83. The fourth-order valence-corrected chi connectivity index (χ4v) is 2.08. The van der Waals surface area contributed by atoms with E-state index in [1.165, 1.54) is 45.2 Å². The Balaban J connectivity index is 2.22. The van der Waals surface area contributed by atoms with Gasteiger partial charge in [0.15, 0.2) is 0 Å². The lowest BCUT2D eigenvalue weighted by Crippen LogP contribution is -2.24. The minimum absolute atomic E-state index is 0.347. The summed E-state index contributed by atoms with van der Waals surface area (Å²) in [7, 11) is 0. The van der Waals surface area contributed by atoms with Crippen LogP contribution in [-0.2, 0) is 0 Å². The highest BCUT2D eigenvalue weighted by atomic mass is 14.8. The highest BCUT2D eigenvalue weighted by molar-refractivity contribution is 4.73. The van der Waals surface area contributed by atoms with Gasteiger partial charge in [-0.3, -0.25) is 0 Å². The summed E-state index contributed by atoms with van der Waals surface area (Å²) in [6.07, 6.45) is 6.78. The Morgan fingerprint density at radius 3 is 2.79 bits per heavy atom. The summed E-state index contributed by atoms with van der Waals surface area (Å²) in [5.41, 5.74) is 6.09. The fraction of sp³-hybridized carbons (Fsp3) is 1.00. The van der Waals surface area contributed by atoms with Crippen LogP contribution in [0.3, 0.4) is 0 Å². The molecular formula is C12H26N2. The molecule has 0 radical (unpaired) electrons. The maximum Gasteiger partial charge on any atom is -0.00258 e. The first-order chi connectivity index (χ1) is 6.64. The fourth-order valence-electron chi connectivity index (χ4n) is 2.08. The normalized spacial score (nSPS) is 24.6. The summed E-state index contributed by atoms with van der Waals surface area (Å²) < 4.78 is 0. The third-order valence-electron chi connectivity index (χ3n) is 3.48. The summed E-state index contributed by atoms with van der Waals surface area (Å²) in [4.78, 5) is 0. The molecule has 1 unspecified atom stereocenters. The molecule has 1 aliphatic heterocycles. The molecule has 14 heavy (non-hydrogen) atoms. The molecular weight excluding hydrogens is 172 g/mol. The summed E-state index contributed by atoms with van der Waals surface area (Å²) >= 11 is 0. The molecule has 1 aliphatic rings. The van der Waals surface area contributed by atoms with Gasteiger partial charge in [-0.2, -0.15) is 0 Å². The molecule has 2 heteroatoms. The van der Waals surface area contributed by atoms with Crippen LogP contribution in [0.2, 0.25) is 0 Å². The zero-order valence-electron chi connectivity index (χ0n) is 9.81. The van der Waals surface area contributed by atoms with Crippen molar-refractivity contribution in [2.75, 3.05) is 19.6 Å². The van der Waals surface area contributed by atoms with E-state index in [9.17, 15) is 0 Å². The summed E-state index contributed by atoms with van der Waals surface area (Å²) in [5.74, 6) is 0.941. The predicted molar refractivity (Wildman–Crippen MR) is 62.3 cm³/mol. The third-order valence-corrected chi connectivity index (χ3v) is 3.48. The Morgan fingerprint density at radius 1 is 1.29 bits per heavy atom. The zero-order valence-corrected chi connectivity index (χ0v) is 9.81. The Hall–Kier alpha value is -0.0800. The van der Waals surface area contributed by atoms with E-state index in [0.717, 1.165) is 12.5 Å². The molecule has 0 spiro atoms. The van der Waals surface area contributed by atoms with E-state index in [1.807, 2.05) is 0 Å². The number of hydrogen-bond acceptors (Lipinski definition) is 2. The van der Waals surface area contributed by atoms with Crippen LogP contribution in [0.15, 0.2) is 0 Å². The van der Waals surface area contributed by atoms with Gasteiger partial charge in [-0.1, -0.05) is 13.8 Å². The SMILES string of the molecule is CC(C)(CN)CCC1CCCNCC1. The maximum absolute atomic E-state index is 5.74. The number of nitrogens with one attached hydrogen (secondary N) is 1. The second kappa shape index (κ2) is 5.72. The van der Waals surface area contributed by atoms with E-state index >= 15 is 0 Å². The van der Waals surface area contributed by atoms with E-state index in [-0.39, 0.29) is 0 Å². The van der Waals surface area contributed by atoms with Crippen LogP contribution >= 0.6 is 0 Å². The van der Waals surface area contributed by atoms with Gasteiger partial charge >= 0.3 is 0 Å². The van der Waals surface area contributed by atoms with Crippen LogP contribution in [0.1, 0.15) is 46.0 Å². The molecule has 0 aromatic carbocycles. The van der Waals surface area contributed by atoms with Crippen LogP contribution in [0, 0.1) is 11.3 Å². The molecule has 0 amide bonds. The molecule has 1 rings (SSSR count). The average molecular weight is 198 g/mol. The van der Waals surface area contributed by atoms with Gasteiger partial charge in [-0.15, -0.1) is 0 Å². The van der Waals surface area contributed by atoms with Crippen molar-refractivity contribution in [2.24, 2.45) is 17.1 Å². The smallest absolute Gasteiger partial charge is 0.00258 e. The largest absolute Gasteiger partial charge is 0.330 e. The van der Waals surface area contributed by atoms with Crippen LogP contribution in [0.4, 0.5) is 0 Å². The van der Waals surface area contributed by atoms with E-state index < -0.39 is 0 Å². The number of nitrogens with two attached hydrogens (primary N) is 1. The first-order valence-electron chi connectivity index (χ1n) is 6.05. The Kier molecular flexibility index (Phi) is 4.90. The highest BCUT2D eigenvalue weighted by Gasteiger charge is 2.19. The second-order valence-electron chi connectivity index (χ2n) is 5.45. The summed E-state index contributed by atoms with van der Waals surface area (Å²) in [5, 5.41) is 3.46. The Labute approximate surface area is 88.6 Å². The number of hydrogen-bond donors (Lipinski definition) is 2. The first kappa shape index (κ1) is 12.0. The first-order valence-corrected chi connectivity index (χ1v) is 6.05. The van der Waals surface area contributed by atoms with Gasteiger partial charge in [0.05, 0.1) is 0 Å². The lowest BCUT2D eigenvalue weighted by Gasteiger charge is -2.25. The Morgan fingerprint density at radius 2 is 2.07 bits per heavy atom. The topological polar surface area (TPSA) is 38.0 Å². The van der Waals surface area contributed by atoms with Gasteiger partial charge < -0.3 is 11.1 Å². The van der Waals surface area contributed by atoms with Crippen LogP contribution in [0.5, 0.6) is 0 Å². The molecule has 0 aliphatic carbocycles. The number of rotatable bonds is 4. The Bertz CT molecular complexity index is 146. The molecule has 0 aromatic heterocycles. The molecule has 1 saturated heterocycles. The van der Waals surface area contributed by atoms with Crippen molar-refractivity contribution < 1.29 is 0 Å². The average Bonchev–Trinajstić information content (AvgIpc) is 2.43.